The highest BCUT2D eigenvalue weighted by Gasteiger charge is 2.21. The summed E-state index contributed by atoms with van der Waals surface area (Å²) in [5.41, 5.74) is 0. The van der Waals surface area contributed by atoms with Gasteiger partial charge in [-0.05, 0) is 12.8 Å². The first-order chi connectivity index (χ1) is 31.0. The van der Waals surface area contributed by atoms with E-state index in [-0.39, 0.29) is 18.9 Å². The minimum absolute atomic E-state index is 0.0437. The van der Waals surface area contributed by atoms with Crippen LogP contribution in [0.25, 0.3) is 0 Å². The summed E-state index contributed by atoms with van der Waals surface area (Å²) in [6.07, 6.45) is 65.6. The van der Waals surface area contributed by atoms with Crippen molar-refractivity contribution in [2.75, 3.05) is 6.61 Å². The van der Waals surface area contributed by atoms with Gasteiger partial charge in [0.15, 0.2) is 0 Å². The van der Waals surface area contributed by atoms with Gasteiger partial charge in [-0.25, -0.2) is 0 Å². The number of hydrogen-bond acceptors (Lipinski definition) is 4. The molecule has 0 radical (unpaired) electrons. The summed E-state index contributed by atoms with van der Waals surface area (Å²) in [5.74, 6) is -0.274. The molecule has 63 heavy (non-hydrogen) atoms. The van der Waals surface area contributed by atoms with Crippen molar-refractivity contribution < 1.29 is 20.1 Å². The highest BCUT2D eigenvalue weighted by Crippen LogP contribution is 2.19. The van der Waals surface area contributed by atoms with Crippen molar-refractivity contribution in [3.8, 4) is 0 Å². The predicted octanol–water partition coefficient (Wildman–Crippen LogP) is 18.1. The van der Waals surface area contributed by atoms with E-state index in [0.717, 1.165) is 25.7 Å². The topological polar surface area (TPSA) is 89.8 Å². The molecule has 378 valence electrons. The molecule has 4 N–H and O–H groups in total. The molecule has 3 atom stereocenters. The van der Waals surface area contributed by atoms with E-state index in [4.69, 9.17) is 0 Å². The molecule has 0 saturated carbocycles. The van der Waals surface area contributed by atoms with Gasteiger partial charge in [-0.3, -0.25) is 4.79 Å². The molecule has 0 aliphatic carbocycles. The normalized spacial score (nSPS) is 13.2. The molecule has 0 spiro atoms. The standard InChI is InChI=1S/C58H117NO4/c1-3-5-7-9-11-13-15-17-19-21-23-25-26-27-28-29-30-31-32-33-35-37-39-41-43-45-47-49-51-55(61)53-58(63)59-56(54-60)57(62)52-50-48-46-44-42-40-38-36-34-24-22-20-18-16-14-12-10-8-6-4-2/h55-57,60-62H,3-54H2,1-2H3,(H,59,63). The first-order valence-corrected chi connectivity index (χ1v) is 29.3. The molecule has 0 heterocycles. The molecule has 3 unspecified atom stereocenters. The number of unbranched alkanes of at least 4 members (excludes halogenated alkanes) is 46. The zero-order chi connectivity index (χ0) is 45.8. The quantitative estimate of drug-likeness (QED) is 0.0458. The molecule has 0 aromatic heterocycles. The molecule has 0 bridgehead atoms. The molecule has 0 saturated heterocycles. The van der Waals surface area contributed by atoms with Crippen LogP contribution >= 0.6 is 0 Å². The van der Waals surface area contributed by atoms with E-state index < -0.39 is 18.2 Å². The van der Waals surface area contributed by atoms with Crippen molar-refractivity contribution in [3.05, 3.63) is 0 Å². The van der Waals surface area contributed by atoms with Gasteiger partial charge in [0.25, 0.3) is 0 Å². The van der Waals surface area contributed by atoms with E-state index in [1.54, 1.807) is 0 Å². The maximum Gasteiger partial charge on any atom is 0.222 e. The summed E-state index contributed by atoms with van der Waals surface area (Å²) in [5, 5.41) is 33.7. The summed E-state index contributed by atoms with van der Waals surface area (Å²) in [4.78, 5) is 12.5. The zero-order valence-electron chi connectivity index (χ0n) is 43.3. The second-order valence-corrected chi connectivity index (χ2v) is 20.6. The van der Waals surface area contributed by atoms with Crippen molar-refractivity contribution in [1.29, 1.82) is 0 Å². The lowest BCUT2D eigenvalue weighted by Crippen LogP contribution is -2.46. The smallest absolute Gasteiger partial charge is 0.222 e. The third kappa shape index (κ3) is 50.6. The van der Waals surface area contributed by atoms with Gasteiger partial charge in [-0.2, -0.15) is 0 Å². The second-order valence-electron chi connectivity index (χ2n) is 20.6. The molecular weight excluding hydrogens is 775 g/mol. The second kappa shape index (κ2) is 54.0. The van der Waals surface area contributed by atoms with Crippen molar-refractivity contribution in [1.82, 2.24) is 5.32 Å². The first kappa shape index (κ1) is 62.4. The van der Waals surface area contributed by atoms with Crippen LogP contribution in [0.5, 0.6) is 0 Å². The van der Waals surface area contributed by atoms with Crippen molar-refractivity contribution in [2.45, 2.75) is 360 Å². The highest BCUT2D eigenvalue weighted by molar-refractivity contribution is 5.76. The van der Waals surface area contributed by atoms with Gasteiger partial charge in [0.05, 0.1) is 31.3 Å². The minimum atomic E-state index is -0.745. The third-order valence-corrected chi connectivity index (χ3v) is 14.2. The molecule has 1 amide bonds. The first-order valence-electron chi connectivity index (χ1n) is 29.3. The average Bonchev–Trinajstić information content (AvgIpc) is 3.28. The number of nitrogens with one attached hydrogen (secondary N) is 1. The van der Waals surface area contributed by atoms with Gasteiger partial charge in [0.1, 0.15) is 0 Å². The fourth-order valence-corrected chi connectivity index (χ4v) is 9.70. The molecule has 5 heteroatoms. The van der Waals surface area contributed by atoms with Crippen LogP contribution in [0.3, 0.4) is 0 Å². The maximum absolute atomic E-state index is 12.5. The lowest BCUT2D eigenvalue weighted by molar-refractivity contribution is -0.125. The Kier molecular flexibility index (Phi) is 53.4. The number of rotatable bonds is 55. The monoisotopic (exact) mass is 892 g/mol. The number of carbonyl (C=O) groups excluding carboxylic acids is 1. The van der Waals surface area contributed by atoms with Crippen LogP contribution in [0.15, 0.2) is 0 Å². The van der Waals surface area contributed by atoms with E-state index in [2.05, 4.69) is 19.2 Å². The summed E-state index contributed by atoms with van der Waals surface area (Å²) >= 11 is 0. The lowest BCUT2D eigenvalue weighted by atomic mass is 10.0. The van der Waals surface area contributed by atoms with Gasteiger partial charge in [-0.1, -0.05) is 322 Å². The molecule has 0 rings (SSSR count). The Hall–Kier alpha value is -0.650. The molecule has 0 fully saturated rings. The molecular formula is C58H117NO4. The third-order valence-electron chi connectivity index (χ3n) is 14.2. The summed E-state index contributed by atoms with van der Waals surface area (Å²) in [7, 11) is 0. The summed E-state index contributed by atoms with van der Waals surface area (Å²) < 4.78 is 0. The zero-order valence-corrected chi connectivity index (χ0v) is 43.3. The van der Waals surface area contributed by atoms with Crippen LogP contribution < -0.4 is 5.32 Å². The Morgan fingerprint density at radius 3 is 0.762 bits per heavy atom. The Bertz CT molecular complexity index is 853. The Labute approximate surface area is 396 Å². The van der Waals surface area contributed by atoms with Crippen LogP contribution in [0.4, 0.5) is 0 Å². The van der Waals surface area contributed by atoms with Crippen LogP contribution in [-0.4, -0.2) is 46.1 Å². The fraction of sp³-hybridized carbons (Fsp3) is 0.983. The molecule has 0 aromatic rings. The molecule has 0 aliphatic rings. The van der Waals surface area contributed by atoms with Crippen molar-refractivity contribution in [3.63, 3.8) is 0 Å². The Morgan fingerprint density at radius 2 is 0.540 bits per heavy atom. The van der Waals surface area contributed by atoms with E-state index in [0.29, 0.717) is 12.8 Å². The largest absolute Gasteiger partial charge is 0.394 e. The predicted molar refractivity (Wildman–Crippen MR) is 278 cm³/mol. The molecule has 0 aromatic carbocycles. The molecule has 5 nitrogen and oxygen atoms in total. The number of aliphatic hydroxyl groups excluding tert-OH is 3. The summed E-state index contributed by atoms with van der Waals surface area (Å²) in [6.45, 7) is 4.31. The van der Waals surface area contributed by atoms with Crippen LogP contribution in [0.1, 0.15) is 341 Å². The SMILES string of the molecule is CCCCCCCCCCCCCCCCCCCCCCCCCCCCCCC(O)CC(=O)NC(CO)C(O)CCCCCCCCCCCCCCCCCCCCCC. The number of amides is 1. The maximum atomic E-state index is 12.5. The van der Waals surface area contributed by atoms with Crippen LogP contribution in [-0.2, 0) is 4.79 Å². The van der Waals surface area contributed by atoms with Gasteiger partial charge in [-0.15, -0.1) is 0 Å². The van der Waals surface area contributed by atoms with E-state index in [1.165, 1.54) is 283 Å². The summed E-state index contributed by atoms with van der Waals surface area (Å²) in [6, 6.07) is -0.654. The Morgan fingerprint density at radius 1 is 0.333 bits per heavy atom. The van der Waals surface area contributed by atoms with Gasteiger partial charge in [0, 0.05) is 0 Å². The Balaban J connectivity index is 3.47. The average molecular weight is 893 g/mol. The minimum Gasteiger partial charge on any atom is -0.394 e. The highest BCUT2D eigenvalue weighted by atomic mass is 16.3. The van der Waals surface area contributed by atoms with E-state index in [1.807, 2.05) is 0 Å². The van der Waals surface area contributed by atoms with Crippen molar-refractivity contribution >= 4 is 5.91 Å². The van der Waals surface area contributed by atoms with Gasteiger partial charge in [0.2, 0.25) is 5.91 Å². The molecule has 0 aliphatic heterocycles. The number of hydrogen-bond donors (Lipinski definition) is 4. The van der Waals surface area contributed by atoms with E-state index >= 15 is 0 Å². The van der Waals surface area contributed by atoms with Crippen LogP contribution in [0.2, 0.25) is 0 Å². The van der Waals surface area contributed by atoms with Crippen molar-refractivity contribution in [2.24, 2.45) is 0 Å². The van der Waals surface area contributed by atoms with Gasteiger partial charge < -0.3 is 20.6 Å². The van der Waals surface area contributed by atoms with Gasteiger partial charge >= 0.3 is 0 Å². The lowest BCUT2D eigenvalue weighted by Gasteiger charge is -2.23. The fourth-order valence-electron chi connectivity index (χ4n) is 9.70. The number of carbonyl (C=O) groups is 1. The number of aliphatic hydroxyl groups is 3. The van der Waals surface area contributed by atoms with E-state index in [9.17, 15) is 20.1 Å². The van der Waals surface area contributed by atoms with Crippen LogP contribution in [0, 0.1) is 0 Å².